The molecule has 0 aliphatic carbocycles. The first kappa shape index (κ1) is 22.6. The maximum Gasteiger partial charge on any atom is 0.405 e. The summed E-state index contributed by atoms with van der Waals surface area (Å²) in [5.41, 5.74) is 1.57. The van der Waals surface area contributed by atoms with Crippen LogP contribution in [0.5, 0.6) is 0 Å². The SMILES string of the molecule is O=C(O)NC(CO)(CO)CCc1ccc(C(=O)CCCCc2ccccc2)cc1. The number of rotatable bonds is 12. The van der Waals surface area contributed by atoms with Gasteiger partial charge in [0.25, 0.3) is 0 Å². The van der Waals surface area contributed by atoms with Crippen molar-refractivity contribution in [3.8, 4) is 0 Å². The molecule has 1 amide bonds. The fourth-order valence-corrected chi connectivity index (χ4v) is 3.22. The Morgan fingerprint density at radius 1 is 0.828 bits per heavy atom. The van der Waals surface area contributed by atoms with Gasteiger partial charge in [-0.05, 0) is 43.2 Å². The molecule has 0 aliphatic heterocycles. The van der Waals surface area contributed by atoms with Gasteiger partial charge < -0.3 is 20.6 Å². The van der Waals surface area contributed by atoms with E-state index >= 15 is 0 Å². The molecule has 0 spiro atoms. The second-order valence-electron chi connectivity index (χ2n) is 7.34. The third-order valence-corrected chi connectivity index (χ3v) is 5.11. The summed E-state index contributed by atoms with van der Waals surface area (Å²) >= 11 is 0. The number of benzene rings is 2. The Kier molecular flexibility index (Phi) is 8.83. The Morgan fingerprint density at radius 2 is 1.45 bits per heavy atom. The summed E-state index contributed by atoms with van der Waals surface area (Å²) in [4.78, 5) is 23.2. The zero-order valence-corrected chi connectivity index (χ0v) is 16.5. The minimum Gasteiger partial charge on any atom is -0.465 e. The summed E-state index contributed by atoms with van der Waals surface area (Å²) in [6, 6.07) is 17.4. The van der Waals surface area contributed by atoms with Crippen LogP contribution in [-0.2, 0) is 12.8 Å². The Balaban J connectivity index is 1.81. The molecule has 156 valence electrons. The molecule has 0 aliphatic rings. The third kappa shape index (κ3) is 7.33. The minimum atomic E-state index is -1.29. The van der Waals surface area contributed by atoms with E-state index in [1.165, 1.54) is 5.56 Å². The normalized spacial score (nSPS) is 11.2. The second kappa shape index (κ2) is 11.3. The van der Waals surface area contributed by atoms with E-state index in [-0.39, 0.29) is 12.2 Å². The monoisotopic (exact) mass is 399 g/mol. The average Bonchev–Trinajstić information content (AvgIpc) is 2.75. The quantitative estimate of drug-likeness (QED) is 0.324. The van der Waals surface area contributed by atoms with E-state index in [0.29, 0.717) is 18.4 Å². The van der Waals surface area contributed by atoms with Crippen LogP contribution >= 0.6 is 0 Å². The van der Waals surface area contributed by atoms with Gasteiger partial charge in [-0.15, -0.1) is 0 Å². The van der Waals surface area contributed by atoms with Crippen LogP contribution in [0.3, 0.4) is 0 Å². The lowest BCUT2D eigenvalue weighted by molar-refractivity contribution is 0.0805. The predicted molar refractivity (Wildman–Crippen MR) is 111 cm³/mol. The van der Waals surface area contributed by atoms with Gasteiger partial charge in [0.15, 0.2) is 5.78 Å². The van der Waals surface area contributed by atoms with E-state index in [0.717, 1.165) is 24.8 Å². The molecular weight excluding hydrogens is 370 g/mol. The summed E-state index contributed by atoms with van der Waals surface area (Å²) in [6.45, 7) is -0.981. The maximum atomic E-state index is 12.4. The van der Waals surface area contributed by atoms with Crippen molar-refractivity contribution >= 4 is 11.9 Å². The van der Waals surface area contributed by atoms with Gasteiger partial charge in [-0.1, -0.05) is 54.6 Å². The fraction of sp³-hybridized carbons (Fsp3) is 0.391. The van der Waals surface area contributed by atoms with Crippen molar-refractivity contribution in [3.63, 3.8) is 0 Å². The first-order chi connectivity index (χ1) is 14.0. The van der Waals surface area contributed by atoms with Crippen LogP contribution in [-0.4, -0.2) is 45.9 Å². The number of hydrogen-bond acceptors (Lipinski definition) is 4. The number of nitrogens with one attached hydrogen (secondary N) is 1. The van der Waals surface area contributed by atoms with E-state index in [4.69, 9.17) is 5.11 Å². The highest BCUT2D eigenvalue weighted by Gasteiger charge is 2.30. The zero-order chi connectivity index (χ0) is 21.1. The summed E-state index contributed by atoms with van der Waals surface area (Å²) in [5.74, 6) is 0.109. The predicted octanol–water partition coefficient (Wildman–Crippen LogP) is 3.21. The summed E-state index contributed by atoms with van der Waals surface area (Å²) in [7, 11) is 0. The molecule has 0 unspecified atom stereocenters. The summed E-state index contributed by atoms with van der Waals surface area (Å²) in [5, 5.41) is 30.0. The van der Waals surface area contributed by atoms with Gasteiger partial charge in [-0.3, -0.25) is 4.79 Å². The molecule has 0 radical (unpaired) electrons. The smallest absolute Gasteiger partial charge is 0.405 e. The number of carboxylic acid groups (broad SMARTS) is 1. The minimum absolute atomic E-state index is 0.109. The van der Waals surface area contributed by atoms with E-state index < -0.39 is 24.8 Å². The molecule has 0 fully saturated rings. The molecule has 29 heavy (non-hydrogen) atoms. The first-order valence-electron chi connectivity index (χ1n) is 9.87. The van der Waals surface area contributed by atoms with Crippen molar-refractivity contribution in [1.29, 1.82) is 0 Å². The van der Waals surface area contributed by atoms with E-state index in [9.17, 15) is 19.8 Å². The van der Waals surface area contributed by atoms with Gasteiger partial charge in [-0.2, -0.15) is 0 Å². The highest BCUT2D eigenvalue weighted by molar-refractivity contribution is 5.96. The molecule has 2 aromatic carbocycles. The maximum absolute atomic E-state index is 12.4. The van der Waals surface area contributed by atoms with Crippen molar-refractivity contribution < 1.29 is 24.9 Å². The van der Waals surface area contributed by atoms with Crippen LogP contribution in [0, 0.1) is 0 Å². The van der Waals surface area contributed by atoms with Gasteiger partial charge in [0.05, 0.1) is 18.8 Å². The molecule has 0 bridgehead atoms. The summed E-state index contributed by atoms with van der Waals surface area (Å²) in [6.07, 6.45) is 2.70. The van der Waals surface area contributed by atoms with Gasteiger partial charge >= 0.3 is 6.09 Å². The molecule has 2 rings (SSSR count). The zero-order valence-electron chi connectivity index (χ0n) is 16.5. The second-order valence-corrected chi connectivity index (χ2v) is 7.34. The van der Waals surface area contributed by atoms with Crippen LogP contribution in [0.1, 0.15) is 47.2 Å². The fourth-order valence-electron chi connectivity index (χ4n) is 3.22. The van der Waals surface area contributed by atoms with Gasteiger partial charge in [0.1, 0.15) is 0 Å². The molecule has 2 aromatic rings. The molecule has 0 atom stereocenters. The van der Waals surface area contributed by atoms with E-state index in [1.54, 1.807) is 12.1 Å². The molecule has 6 heteroatoms. The van der Waals surface area contributed by atoms with Crippen molar-refractivity contribution in [2.75, 3.05) is 13.2 Å². The van der Waals surface area contributed by atoms with Gasteiger partial charge in [0, 0.05) is 12.0 Å². The number of aliphatic hydroxyl groups is 2. The van der Waals surface area contributed by atoms with Crippen LogP contribution in [0.4, 0.5) is 4.79 Å². The van der Waals surface area contributed by atoms with Crippen molar-refractivity contribution in [2.24, 2.45) is 0 Å². The Morgan fingerprint density at radius 3 is 2.03 bits per heavy atom. The molecular formula is C23H29NO5. The lowest BCUT2D eigenvalue weighted by Gasteiger charge is -2.29. The number of carbonyl (C=O) groups excluding carboxylic acids is 1. The van der Waals surface area contributed by atoms with Crippen LogP contribution < -0.4 is 5.32 Å². The van der Waals surface area contributed by atoms with Gasteiger partial charge in [0.2, 0.25) is 0 Å². The van der Waals surface area contributed by atoms with Crippen LogP contribution in [0.2, 0.25) is 0 Å². The molecule has 0 aromatic heterocycles. The van der Waals surface area contributed by atoms with E-state index in [1.807, 2.05) is 30.3 Å². The third-order valence-electron chi connectivity index (χ3n) is 5.11. The standard InChI is InChI=1S/C23H29NO5/c25-16-23(17-26,24-22(28)29)15-14-19-10-12-20(13-11-19)21(27)9-5-4-8-18-6-2-1-3-7-18/h1-3,6-7,10-13,24-26H,4-5,8-9,14-17H2,(H,28,29). The van der Waals surface area contributed by atoms with E-state index in [2.05, 4.69) is 17.4 Å². The lowest BCUT2D eigenvalue weighted by atomic mass is 9.92. The Hall–Kier alpha value is -2.70. The number of aliphatic hydroxyl groups excluding tert-OH is 2. The summed E-state index contributed by atoms with van der Waals surface area (Å²) < 4.78 is 0. The Bertz CT molecular complexity index is 770. The highest BCUT2D eigenvalue weighted by Crippen LogP contribution is 2.16. The molecule has 0 saturated heterocycles. The number of ketones is 1. The number of unbranched alkanes of at least 4 members (excludes halogenated alkanes) is 1. The number of aryl methyl sites for hydroxylation is 2. The van der Waals surface area contributed by atoms with Crippen molar-refractivity contribution in [1.82, 2.24) is 5.32 Å². The number of amides is 1. The van der Waals surface area contributed by atoms with Crippen molar-refractivity contribution in [2.45, 2.75) is 44.1 Å². The van der Waals surface area contributed by atoms with Crippen molar-refractivity contribution in [3.05, 3.63) is 71.3 Å². The number of Topliss-reactive ketones (excluding diaryl/α,β-unsaturated/α-hetero) is 1. The molecule has 0 heterocycles. The number of carbonyl (C=O) groups is 2. The van der Waals surface area contributed by atoms with Gasteiger partial charge in [-0.25, -0.2) is 4.79 Å². The highest BCUT2D eigenvalue weighted by atomic mass is 16.4. The average molecular weight is 399 g/mol. The number of hydrogen-bond donors (Lipinski definition) is 4. The molecule has 0 saturated carbocycles. The van der Waals surface area contributed by atoms with Crippen LogP contribution in [0.15, 0.2) is 54.6 Å². The first-order valence-corrected chi connectivity index (χ1v) is 9.87. The largest absolute Gasteiger partial charge is 0.465 e. The lowest BCUT2D eigenvalue weighted by Crippen LogP contribution is -2.54. The van der Waals surface area contributed by atoms with Crippen LogP contribution in [0.25, 0.3) is 0 Å². The molecule has 4 N–H and O–H groups in total. The molecule has 6 nitrogen and oxygen atoms in total. The topological polar surface area (TPSA) is 107 Å². The Labute approximate surface area is 171 Å².